The van der Waals surface area contributed by atoms with Crippen LogP contribution >= 0.6 is 0 Å². The lowest BCUT2D eigenvalue weighted by Crippen LogP contribution is -2.29. The van der Waals surface area contributed by atoms with Gasteiger partial charge in [0.05, 0.1) is 7.11 Å². The maximum atomic E-state index is 12.9. The molecule has 0 heterocycles. The van der Waals surface area contributed by atoms with Crippen molar-refractivity contribution >= 4 is 16.5 Å². The van der Waals surface area contributed by atoms with Gasteiger partial charge < -0.3 is 4.74 Å². The van der Waals surface area contributed by atoms with Crippen LogP contribution in [0.1, 0.15) is 20.8 Å². The summed E-state index contributed by atoms with van der Waals surface area (Å²) in [4.78, 5) is 13.7. The first-order valence-electron chi connectivity index (χ1n) is 9.16. The van der Waals surface area contributed by atoms with Gasteiger partial charge >= 0.3 is 16.5 Å². The molecule has 1 unspecified atom stereocenters. The van der Waals surface area contributed by atoms with Crippen molar-refractivity contribution in [3.05, 3.63) is 78.9 Å². The van der Waals surface area contributed by atoms with Gasteiger partial charge in [0.2, 0.25) is 4.90 Å². The molecule has 3 nitrogen and oxygen atoms in total. The molecule has 3 rings (SSSR count). The summed E-state index contributed by atoms with van der Waals surface area (Å²) >= 11 is -1.14. The SMILES string of the molecule is CO[S+](C(=O)OC(C)(C)C)c1cccc(-c2ccccc2)c1-c1ccccc1. The lowest BCUT2D eigenvalue weighted by Gasteiger charge is -2.18. The van der Waals surface area contributed by atoms with Gasteiger partial charge in [-0.3, -0.25) is 0 Å². The molecule has 3 aromatic rings. The molecule has 0 spiro atoms. The Bertz CT molecular complexity index is 931. The molecular formula is C24H25O3S+. The van der Waals surface area contributed by atoms with Crippen molar-refractivity contribution in [3.8, 4) is 22.3 Å². The Labute approximate surface area is 169 Å². The monoisotopic (exact) mass is 393 g/mol. The minimum Gasteiger partial charge on any atom is -0.417 e. The Morgan fingerprint density at radius 1 is 0.786 bits per heavy atom. The van der Waals surface area contributed by atoms with E-state index in [4.69, 9.17) is 8.92 Å². The topological polar surface area (TPSA) is 35.5 Å². The largest absolute Gasteiger partial charge is 0.568 e. The van der Waals surface area contributed by atoms with Gasteiger partial charge in [-0.25, -0.2) is 0 Å². The molecule has 0 saturated heterocycles. The zero-order valence-electron chi connectivity index (χ0n) is 16.6. The van der Waals surface area contributed by atoms with Gasteiger partial charge in [0.25, 0.3) is 0 Å². The fraction of sp³-hybridized carbons (Fsp3) is 0.208. The number of ether oxygens (including phenoxy) is 1. The Morgan fingerprint density at radius 3 is 1.89 bits per heavy atom. The number of hydrogen-bond donors (Lipinski definition) is 0. The lowest BCUT2D eigenvalue weighted by molar-refractivity contribution is 0.0717. The molecule has 0 aliphatic heterocycles. The third-order valence-corrected chi connectivity index (χ3v) is 5.54. The van der Waals surface area contributed by atoms with Crippen molar-refractivity contribution in [3.63, 3.8) is 0 Å². The van der Waals surface area contributed by atoms with E-state index in [2.05, 4.69) is 30.3 Å². The average Bonchev–Trinajstić information content (AvgIpc) is 2.68. The zero-order valence-corrected chi connectivity index (χ0v) is 17.5. The molecule has 0 aromatic heterocycles. The van der Waals surface area contributed by atoms with Crippen LogP contribution in [-0.4, -0.2) is 18.0 Å². The molecule has 1 atom stereocenters. The molecule has 0 aliphatic carbocycles. The molecule has 0 N–H and O–H groups in total. The number of hydrogen-bond acceptors (Lipinski definition) is 3. The lowest BCUT2D eigenvalue weighted by atomic mass is 9.94. The molecule has 0 aliphatic rings. The van der Waals surface area contributed by atoms with Gasteiger partial charge in [0.1, 0.15) is 5.60 Å². The van der Waals surface area contributed by atoms with Crippen molar-refractivity contribution in [2.24, 2.45) is 0 Å². The molecule has 144 valence electrons. The van der Waals surface area contributed by atoms with E-state index >= 15 is 0 Å². The van der Waals surface area contributed by atoms with Crippen molar-refractivity contribution in [2.45, 2.75) is 31.3 Å². The zero-order chi connectivity index (χ0) is 20.1. The molecule has 3 aromatic carbocycles. The molecule has 0 bridgehead atoms. The van der Waals surface area contributed by atoms with Gasteiger partial charge in [0, 0.05) is 5.56 Å². The van der Waals surface area contributed by atoms with E-state index in [0.717, 1.165) is 27.1 Å². The third kappa shape index (κ3) is 4.64. The molecule has 0 saturated carbocycles. The van der Waals surface area contributed by atoms with Gasteiger partial charge in [-0.2, -0.15) is 8.98 Å². The highest BCUT2D eigenvalue weighted by Crippen LogP contribution is 2.39. The summed E-state index contributed by atoms with van der Waals surface area (Å²) in [5.41, 5.74) is 3.60. The highest BCUT2D eigenvalue weighted by molar-refractivity contribution is 8.06. The highest BCUT2D eigenvalue weighted by Gasteiger charge is 2.42. The van der Waals surface area contributed by atoms with Crippen LogP contribution in [0.2, 0.25) is 0 Å². The summed E-state index contributed by atoms with van der Waals surface area (Å²) in [5.74, 6) is 0. The predicted molar refractivity (Wildman–Crippen MR) is 116 cm³/mol. The maximum Gasteiger partial charge on any atom is 0.568 e. The summed E-state index contributed by atoms with van der Waals surface area (Å²) in [6, 6.07) is 26.3. The third-order valence-electron chi connectivity index (χ3n) is 4.08. The van der Waals surface area contributed by atoms with E-state index in [1.165, 1.54) is 0 Å². The fourth-order valence-corrected chi connectivity index (χ4v) is 4.42. The van der Waals surface area contributed by atoms with Crippen LogP contribution in [0.25, 0.3) is 22.3 Å². The van der Waals surface area contributed by atoms with Crippen LogP contribution in [0.15, 0.2) is 83.8 Å². The molecule has 28 heavy (non-hydrogen) atoms. The second-order valence-electron chi connectivity index (χ2n) is 7.31. The smallest absolute Gasteiger partial charge is 0.417 e. The van der Waals surface area contributed by atoms with E-state index < -0.39 is 16.8 Å². The van der Waals surface area contributed by atoms with Gasteiger partial charge in [0.15, 0.2) is 0 Å². The number of benzene rings is 3. The molecule has 0 radical (unpaired) electrons. The number of carbonyl (C=O) groups is 1. The Kier molecular flexibility index (Phi) is 6.22. The van der Waals surface area contributed by atoms with Crippen molar-refractivity contribution in [1.82, 2.24) is 0 Å². The van der Waals surface area contributed by atoms with Crippen LogP contribution in [0.5, 0.6) is 0 Å². The van der Waals surface area contributed by atoms with Crippen LogP contribution in [0.4, 0.5) is 4.79 Å². The minimum atomic E-state index is -1.14. The van der Waals surface area contributed by atoms with Crippen molar-refractivity contribution in [1.29, 1.82) is 0 Å². The first-order chi connectivity index (χ1) is 13.4. The first-order valence-corrected chi connectivity index (χ1v) is 10.3. The Balaban J connectivity index is 2.19. The summed E-state index contributed by atoms with van der Waals surface area (Å²) in [5, 5.41) is -0.364. The van der Waals surface area contributed by atoms with E-state index in [-0.39, 0.29) is 5.30 Å². The van der Waals surface area contributed by atoms with Gasteiger partial charge in [-0.15, -0.1) is 0 Å². The average molecular weight is 394 g/mol. The first kappa shape index (κ1) is 20.2. The summed E-state index contributed by atoms with van der Waals surface area (Å²) in [6.07, 6.45) is 0. The highest BCUT2D eigenvalue weighted by atomic mass is 32.2. The van der Waals surface area contributed by atoms with Crippen molar-refractivity contribution < 1.29 is 13.7 Å². The standard InChI is InChI=1S/C24H25O3S/c1-24(2,3)27-23(25)28(26-4)21-17-11-16-20(18-12-7-5-8-13-18)22(21)19-14-9-6-10-15-19/h5-17H,1-4H3/q+1. The summed E-state index contributed by atoms with van der Waals surface area (Å²) < 4.78 is 11.3. The van der Waals surface area contributed by atoms with Crippen LogP contribution in [-0.2, 0) is 20.1 Å². The Morgan fingerprint density at radius 2 is 1.36 bits per heavy atom. The minimum absolute atomic E-state index is 0.364. The molecule has 4 heteroatoms. The van der Waals surface area contributed by atoms with Crippen LogP contribution in [0, 0.1) is 0 Å². The quantitative estimate of drug-likeness (QED) is 0.375. The summed E-state index contributed by atoms with van der Waals surface area (Å²) in [6.45, 7) is 5.59. The van der Waals surface area contributed by atoms with Crippen molar-refractivity contribution in [2.75, 3.05) is 7.11 Å². The van der Waals surface area contributed by atoms with E-state index in [1.54, 1.807) is 7.11 Å². The second kappa shape index (κ2) is 8.63. The van der Waals surface area contributed by atoms with Gasteiger partial charge in [-0.1, -0.05) is 72.8 Å². The molecular weight excluding hydrogens is 368 g/mol. The maximum absolute atomic E-state index is 12.9. The second-order valence-corrected chi connectivity index (χ2v) is 8.95. The predicted octanol–water partition coefficient (Wildman–Crippen LogP) is 6.49. The van der Waals surface area contributed by atoms with E-state index in [1.807, 2.05) is 69.3 Å². The van der Waals surface area contributed by atoms with E-state index in [9.17, 15) is 4.79 Å². The van der Waals surface area contributed by atoms with E-state index in [0.29, 0.717) is 0 Å². The van der Waals surface area contributed by atoms with Crippen LogP contribution < -0.4 is 0 Å². The molecule has 0 amide bonds. The molecule has 0 fully saturated rings. The van der Waals surface area contributed by atoms with Gasteiger partial charge in [-0.05, 0) is 43.5 Å². The number of rotatable bonds is 4. The fourth-order valence-electron chi connectivity index (χ4n) is 2.98. The van der Waals surface area contributed by atoms with Crippen LogP contribution in [0.3, 0.4) is 0 Å². The summed E-state index contributed by atoms with van der Waals surface area (Å²) in [7, 11) is 1.55. The Hall–Kier alpha value is -2.56. The normalized spacial score (nSPS) is 12.4. The number of carbonyl (C=O) groups excluding carboxylic acids is 1.